The number of fused-ring (bicyclic) bond motifs is 1. The van der Waals surface area contributed by atoms with Gasteiger partial charge >= 0.3 is 12.1 Å². The van der Waals surface area contributed by atoms with E-state index >= 15 is 0 Å². The molecule has 164 valence electrons. The first kappa shape index (κ1) is 20.7. The minimum atomic E-state index is -0.999. The lowest BCUT2D eigenvalue weighted by Crippen LogP contribution is -2.44. The number of carboxylic acid groups (broad SMARTS) is 1. The van der Waals surface area contributed by atoms with Crippen LogP contribution in [0.3, 0.4) is 0 Å². The van der Waals surface area contributed by atoms with Crippen LogP contribution in [-0.2, 0) is 17.8 Å². The Morgan fingerprint density at radius 2 is 2.10 bits per heavy atom. The lowest BCUT2D eigenvalue weighted by atomic mass is 10.2. The van der Waals surface area contributed by atoms with Gasteiger partial charge in [-0.3, -0.25) is 10.2 Å². The summed E-state index contributed by atoms with van der Waals surface area (Å²) in [7, 11) is 0. The maximum absolute atomic E-state index is 11.6. The molecule has 12 nitrogen and oxygen atoms in total. The van der Waals surface area contributed by atoms with E-state index in [4.69, 9.17) is 9.72 Å². The zero-order valence-corrected chi connectivity index (χ0v) is 17.3. The molecular formula is C19H24N8O4. The highest BCUT2D eigenvalue weighted by molar-refractivity contribution is 5.88. The number of hydrogen-bond acceptors (Lipinski definition) is 8. The van der Waals surface area contributed by atoms with Gasteiger partial charge in [-0.25, -0.2) is 29.5 Å². The molecule has 2 aliphatic heterocycles. The van der Waals surface area contributed by atoms with Gasteiger partial charge in [-0.1, -0.05) is 0 Å². The second kappa shape index (κ2) is 8.68. The van der Waals surface area contributed by atoms with E-state index in [1.54, 1.807) is 0 Å². The van der Waals surface area contributed by atoms with E-state index < -0.39 is 6.09 Å². The summed E-state index contributed by atoms with van der Waals surface area (Å²) in [6, 6.07) is -0.273. The van der Waals surface area contributed by atoms with Crippen LogP contribution in [0.5, 0.6) is 0 Å². The van der Waals surface area contributed by atoms with E-state index in [0.717, 1.165) is 5.56 Å². The number of hydrogen-bond donors (Lipinski definition) is 3. The molecule has 0 saturated carbocycles. The normalized spacial score (nSPS) is 17.9. The summed E-state index contributed by atoms with van der Waals surface area (Å²) in [4.78, 5) is 44.5. The molecule has 1 saturated heterocycles. The highest BCUT2D eigenvalue weighted by Crippen LogP contribution is 2.33. The molecule has 4 heterocycles. The molecule has 0 radical (unpaired) electrons. The molecule has 0 bridgehead atoms. The van der Waals surface area contributed by atoms with E-state index in [1.165, 1.54) is 17.3 Å². The molecule has 31 heavy (non-hydrogen) atoms. The van der Waals surface area contributed by atoms with Crippen LogP contribution in [0.1, 0.15) is 25.1 Å². The molecule has 4 rings (SSSR count). The van der Waals surface area contributed by atoms with Gasteiger partial charge in [0.05, 0.1) is 50.4 Å². The number of rotatable bonds is 4. The third-order valence-electron chi connectivity index (χ3n) is 5.13. The largest absolute Gasteiger partial charge is 0.465 e. The van der Waals surface area contributed by atoms with Gasteiger partial charge in [-0.05, 0) is 13.8 Å². The lowest BCUT2D eigenvalue weighted by molar-refractivity contribution is 0.0983. The minimum absolute atomic E-state index is 0.0919. The van der Waals surface area contributed by atoms with Crippen molar-refractivity contribution in [3.63, 3.8) is 0 Å². The maximum atomic E-state index is 11.6. The van der Waals surface area contributed by atoms with Crippen molar-refractivity contribution >= 4 is 23.8 Å². The van der Waals surface area contributed by atoms with Gasteiger partial charge in [-0.15, -0.1) is 0 Å². The molecular weight excluding hydrogens is 404 g/mol. The molecule has 3 N–H and O–H groups in total. The van der Waals surface area contributed by atoms with Crippen LogP contribution in [0.2, 0.25) is 0 Å². The van der Waals surface area contributed by atoms with Crippen molar-refractivity contribution in [3.8, 4) is 11.5 Å². The fourth-order valence-electron chi connectivity index (χ4n) is 3.60. The number of amides is 3. The van der Waals surface area contributed by atoms with Crippen LogP contribution in [0.15, 0.2) is 12.4 Å². The highest BCUT2D eigenvalue weighted by Gasteiger charge is 2.32. The summed E-state index contributed by atoms with van der Waals surface area (Å²) in [5, 5.41) is 14.7. The van der Waals surface area contributed by atoms with Crippen molar-refractivity contribution in [2.45, 2.75) is 33.0 Å². The van der Waals surface area contributed by atoms with E-state index in [2.05, 4.69) is 30.5 Å². The second-order valence-electron chi connectivity index (χ2n) is 7.32. The van der Waals surface area contributed by atoms with Crippen LogP contribution < -0.4 is 15.5 Å². The fraction of sp³-hybridized carbons (Fsp3) is 0.474. The number of carbonyl (C=O) groups excluding carboxylic acids is 1. The Hall–Kier alpha value is -3.54. The van der Waals surface area contributed by atoms with Gasteiger partial charge in [0.1, 0.15) is 11.5 Å². The third-order valence-corrected chi connectivity index (χ3v) is 5.13. The Bertz CT molecular complexity index is 984. The van der Waals surface area contributed by atoms with Gasteiger partial charge in [0.2, 0.25) is 0 Å². The summed E-state index contributed by atoms with van der Waals surface area (Å²) in [6.45, 7) is 6.57. The van der Waals surface area contributed by atoms with E-state index in [0.29, 0.717) is 55.2 Å². The van der Waals surface area contributed by atoms with Crippen LogP contribution in [0, 0.1) is 0 Å². The molecule has 12 heteroatoms. The van der Waals surface area contributed by atoms with Gasteiger partial charge in [-0.2, -0.15) is 0 Å². The van der Waals surface area contributed by atoms with E-state index in [1.807, 2.05) is 13.8 Å². The monoisotopic (exact) mass is 428 g/mol. The Kier molecular flexibility index (Phi) is 5.80. The third kappa shape index (κ3) is 4.33. The lowest BCUT2D eigenvalue weighted by Gasteiger charge is -2.35. The Balaban J connectivity index is 1.67. The van der Waals surface area contributed by atoms with Gasteiger partial charge in [0.15, 0.2) is 11.6 Å². The number of morpholine rings is 1. The molecule has 3 amide bonds. The first-order valence-corrected chi connectivity index (χ1v) is 10.1. The van der Waals surface area contributed by atoms with Gasteiger partial charge in [0, 0.05) is 18.7 Å². The summed E-state index contributed by atoms with van der Waals surface area (Å²) in [5.74, 6) is 1.36. The summed E-state index contributed by atoms with van der Waals surface area (Å²) < 4.78 is 5.54. The first-order valence-electron chi connectivity index (χ1n) is 10.1. The number of anilines is 2. The van der Waals surface area contributed by atoms with Crippen molar-refractivity contribution in [1.29, 1.82) is 0 Å². The maximum Gasteiger partial charge on any atom is 0.407 e. The van der Waals surface area contributed by atoms with Gasteiger partial charge in [0.25, 0.3) is 0 Å². The van der Waals surface area contributed by atoms with Gasteiger partial charge < -0.3 is 20.1 Å². The number of ether oxygens (including phenoxy) is 1. The minimum Gasteiger partial charge on any atom is -0.465 e. The number of carbonyl (C=O) groups is 2. The highest BCUT2D eigenvalue weighted by atomic mass is 16.5. The van der Waals surface area contributed by atoms with Crippen molar-refractivity contribution < 1.29 is 19.4 Å². The molecule has 0 aromatic carbocycles. The quantitative estimate of drug-likeness (QED) is 0.655. The van der Waals surface area contributed by atoms with Crippen molar-refractivity contribution in [3.05, 3.63) is 23.7 Å². The number of nitrogens with one attached hydrogen (secondary N) is 2. The molecule has 2 aromatic heterocycles. The summed E-state index contributed by atoms with van der Waals surface area (Å²) >= 11 is 0. The summed E-state index contributed by atoms with van der Waals surface area (Å²) in [6.07, 6.45) is 1.92. The SMILES string of the molecule is CCNC(=O)Nc1cnc(-c2nc3c(c(N4CCOCC4C)n2)CN(C(=O)O)C3)cn1. The van der Waals surface area contributed by atoms with Crippen molar-refractivity contribution in [2.24, 2.45) is 0 Å². The molecule has 2 aromatic rings. The average Bonchev–Trinajstić information content (AvgIpc) is 3.19. The van der Waals surface area contributed by atoms with Crippen LogP contribution in [0.4, 0.5) is 21.2 Å². The molecule has 0 spiro atoms. The molecule has 1 fully saturated rings. The van der Waals surface area contributed by atoms with Crippen molar-refractivity contribution in [1.82, 2.24) is 30.2 Å². The van der Waals surface area contributed by atoms with E-state index in [9.17, 15) is 14.7 Å². The number of aromatic nitrogens is 4. The topological polar surface area (TPSA) is 146 Å². The predicted molar refractivity (Wildman–Crippen MR) is 111 cm³/mol. The predicted octanol–water partition coefficient (Wildman–Crippen LogP) is 1.29. The van der Waals surface area contributed by atoms with Crippen molar-refractivity contribution in [2.75, 3.05) is 36.5 Å². The Morgan fingerprint density at radius 3 is 2.77 bits per heavy atom. The van der Waals surface area contributed by atoms with Crippen LogP contribution in [0.25, 0.3) is 11.5 Å². The Labute approximate surface area is 178 Å². The molecule has 0 aliphatic carbocycles. The smallest absolute Gasteiger partial charge is 0.407 e. The fourth-order valence-corrected chi connectivity index (χ4v) is 3.60. The zero-order valence-electron chi connectivity index (χ0n) is 17.3. The second-order valence-corrected chi connectivity index (χ2v) is 7.32. The summed E-state index contributed by atoms with van der Waals surface area (Å²) in [5.41, 5.74) is 1.90. The average molecular weight is 428 g/mol. The number of urea groups is 1. The van der Waals surface area contributed by atoms with Crippen LogP contribution in [-0.4, -0.2) is 74.4 Å². The number of nitrogens with zero attached hydrogens (tertiary/aromatic N) is 6. The first-order chi connectivity index (χ1) is 15.0. The molecule has 1 unspecified atom stereocenters. The van der Waals surface area contributed by atoms with Crippen LogP contribution >= 0.6 is 0 Å². The molecule has 2 aliphatic rings. The molecule has 1 atom stereocenters. The van der Waals surface area contributed by atoms with E-state index in [-0.39, 0.29) is 25.2 Å². The zero-order chi connectivity index (χ0) is 22.0. The Morgan fingerprint density at radius 1 is 1.26 bits per heavy atom. The standard InChI is InChI=1S/C19H24N8O4/c1-3-20-18(28)24-15-7-21-13(6-22-15)16-23-14-9-26(19(29)30)8-12(14)17(25-16)27-4-5-31-10-11(27)2/h6-7,11H,3-5,8-10H2,1-2H3,(H,29,30)(H2,20,22,24,28).